The van der Waals surface area contributed by atoms with Gasteiger partial charge < -0.3 is 9.32 Å². The minimum absolute atomic E-state index is 0.0231. The van der Waals surface area contributed by atoms with Crippen LogP contribution in [-0.4, -0.2) is 40.3 Å². The summed E-state index contributed by atoms with van der Waals surface area (Å²) in [6, 6.07) is 14.3. The fraction of sp³-hybridized carbons (Fsp3) is 0.360. The Morgan fingerprint density at radius 1 is 1.17 bits per heavy atom. The number of likely N-dealkylation sites (tertiary alicyclic amines) is 1. The largest absolute Gasteiger partial charge is 0.472 e. The Morgan fingerprint density at radius 3 is 2.70 bits per heavy atom. The molecule has 4 rings (SSSR count). The minimum atomic E-state index is 0.0231. The summed E-state index contributed by atoms with van der Waals surface area (Å²) >= 11 is 0. The predicted octanol–water partition coefficient (Wildman–Crippen LogP) is 4.54. The van der Waals surface area contributed by atoms with E-state index in [9.17, 15) is 4.79 Å². The molecule has 0 saturated carbocycles. The molecule has 1 aliphatic rings. The van der Waals surface area contributed by atoms with E-state index in [0.29, 0.717) is 18.0 Å². The monoisotopic (exact) mass is 403 g/mol. The van der Waals surface area contributed by atoms with Crippen molar-refractivity contribution in [2.24, 2.45) is 5.92 Å². The van der Waals surface area contributed by atoms with Gasteiger partial charge in [0.25, 0.3) is 5.91 Å². The lowest BCUT2D eigenvalue weighted by molar-refractivity contribution is 0.0671. The Kier molecular flexibility index (Phi) is 6.60. The van der Waals surface area contributed by atoms with Crippen molar-refractivity contribution in [1.82, 2.24) is 14.8 Å². The lowest BCUT2D eigenvalue weighted by Gasteiger charge is -2.35. The van der Waals surface area contributed by atoms with Crippen molar-refractivity contribution in [3.63, 3.8) is 0 Å². The molecule has 2 aromatic heterocycles. The number of benzene rings is 1. The third kappa shape index (κ3) is 5.16. The first kappa shape index (κ1) is 20.4. The van der Waals surface area contributed by atoms with Gasteiger partial charge in [-0.2, -0.15) is 0 Å². The van der Waals surface area contributed by atoms with Crippen LogP contribution in [0.4, 0.5) is 0 Å². The number of aromatic nitrogens is 1. The number of hydrogen-bond acceptors (Lipinski definition) is 4. The number of hydrogen-bond donors (Lipinski definition) is 0. The molecule has 3 aromatic rings. The highest BCUT2D eigenvalue weighted by atomic mass is 16.3. The highest BCUT2D eigenvalue weighted by Crippen LogP contribution is 2.23. The molecule has 1 saturated heterocycles. The topological polar surface area (TPSA) is 49.6 Å². The predicted molar refractivity (Wildman–Crippen MR) is 117 cm³/mol. The third-order valence-corrected chi connectivity index (χ3v) is 5.99. The number of nitrogens with zero attached hydrogens (tertiary/aromatic N) is 3. The number of piperidine rings is 1. The Labute approximate surface area is 178 Å². The van der Waals surface area contributed by atoms with Gasteiger partial charge >= 0.3 is 0 Å². The second-order valence-electron chi connectivity index (χ2n) is 8.20. The summed E-state index contributed by atoms with van der Waals surface area (Å²) in [5.74, 6) is 0.528. The van der Waals surface area contributed by atoms with Crippen molar-refractivity contribution in [2.45, 2.75) is 32.9 Å². The minimum Gasteiger partial charge on any atom is -0.472 e. The maximum atomic E-state index is 13.1. The van der Waals surface area contributed by atoms with E-state index in [0.717, 1.165) is 44.6 Å². The molecular formula is C25H29N3O2. The Bertz CT molecular complexity index is 932. The highest BCUT2D eigenvalue weighted by Gasteiger charge is 2.25. The van der Waals surface area contributed by atoms with Crippen LogP contribution in [0.1, 0.15) is 39.9 Å². The number of carbonyl (C=O) groups is 1. The lowest BCUT2D eigenvalue weighted by atomic mass is 9.95. The van der Waals surface area contributed by atoms with E-state index in [1.807, 2.05) is 23.2 Å². The van der Waals surface area contributed by atoms with Crippen LogP contribution < -0.4 is 0 Å². The normalized spacial score (nSPS) is 15.2. The number of furan rings is 1. The zero-order valence-electron chi connectivity index (χ0n) is 17.5. The van der Waals surface area contributed by atoms with E-state index in [2.05, 4.69) is 41.1 Å². The maximum absolute atomic E-state index is 13.1. The average Bonchev–Trinajstić information content (AvgIpc) is 3.31. The smallest absolute Gasteiger partial charge is 0.257 e. The third-order valence-electron chi connectivity index (χ3n) is 5.99. The van der Waals surface area contributed by atoms with E-state index < -0.39 is 0 Å². The first-order valence-corrected chi connectivity index (χ1v) is 10.7. The van der Waals surface area contributed by atoms with Gasteiger partial charge in [0.1, 0.15) is 6.26 Å². The van der Waals surface area contributed by atoms with Gasteiger partial charge in [-0.1, -0.05) is 30.3 Å². The summed E-state index contributed by atoms with van der Waals surface area (Å²) in [7, 11) is 0. The summed E-state index contributed by atoms with van der Waals surface area (Å²) in [5, 5.41) is 0. The average molecular weight is 404 g/mol. The Morgan fingerprint density at radius 2 is 2.00 bits per heavy atom. The molecule has 1 fully saturated rings. The van der Waals surface area contributed by atoms with Crippen LogP contribution in [0.5, 0.6) is 0 Å². The van der Waals surface area contributed by atoms with Crippen molar-refractivity contribution < 1.29 is 9.21 Å². The van der Waals surface area contributed by atoms with Crippen LogP contribution in [-0.2, 0) is 13.1 Å². The number of pyridine rings is 1. The molecule has 3 heterocycles. The molecule has 1 aliphatic heterocycles. The van der Waals surface area contributed by atoms with E-state index in [4.69, 9.17) is 4.42 Å². The van der Waals surface area contributed by atoms with Gasteiger partial charge in [-0.05, 0) is 67.6 Å². The highest BCUT2D eigenvalue weighted by molar-refractivity contribution is 5.93. The van der Waals surface area contributed by atoms with E-state index in [1.54, 1.807) is 18.5 Å². The molecule has 1 amide bonds. The summed E-state index contributed by atoms with van der Waals surface area (Å²) in [4.78, 5) is 21.7. The van der Waals surface area contributed by atoms with Crippen LogP contribution in [0.15, 0.2) is 71.8 Å². The maximum Gasteiger partial charge on any atom is 0.257 e. The Balaban J connectivity index is 1.37. The van der Waals surface area contributed by atoms with E-state index >= 15 is 0 Å². The standard InChI is InChI=1S/C25H29N3O2/c1-20-5-2-3-7-23(20)18-27-12-8-21(9-13-27)16-28(17-22-6-4-11-26-15-22)25(29)24-10-14-30-19-24/h2-7,10-11,14-15,19,21H,8-9,12-13,16-18H2,1H3. The Hall–Kier alpha value is -2.92. The van der Waals surface area contributed by atoms with Crippen molar-refractivity contribution in [1.29, 1.82) is 0 Å². The van der Waals surface area contributed by atoms with Gasteiger partial charge in [0, 0.05) is 32.0 Å². The first-order valence-electron chi connectivity index (χ1n) is 10.7. The second-order valence-corrected chi connectivity index (χ2v) is 8.20. The van der Waals surface area contributed by atoms with Gasteiger partial charge in [0.15, 0.2) is 0 Å². The van der Waals surface area contributed by atoms with Gasteiger partial charge in [-0.3, -0.25) is 14.7 Å². The summed E-state index contributed by atoms with van der Waals surface area (Å²) in [6.45, 7) is 6.66. The molecule has 0 bridgehead atoms. The molecule has 0 unspecified atom stereocenters. The molecule has 0 N–H and O–H groups in total. The zero-order valence-corrected chi connectivity index (χ0v) is 17.5. The molecular weight excluding hydrogens is 374 g/mol. The quantitative estimate of drug-likeness (QED) is 0.581. The van der Waals surface area contributed by atoms with Gasteiger partial charge in [-0.25, -0.2) is 0 Å². The second kappa shape index (κ2) is 9.72. The van der Waals surface area contributed by atoms with E-state index in [-0.39, 0.29) is 5.91 Å². The lowest BCUT2D eigenvalue weighted by Crippen LogP contribution is -2.40. The van der Waals surface area contributed by atoms with Crippen LogP contribution in [0.2, 0.25) is 0 Å². The van der Waals surface area contributed by atoms with Gasteiger partial charge in [0.2, 0.25) is 0 Å². The van der Waals surface area contributed by atoms with Crippen LogP contribution >= 0.6 is 0 Å². The van der Waals surface area contributed by atoms with E-state index in [1.165, 1.54) is 17.4 Å². The van der Waals surface area contributed by atoms with Crippen molar-refractivity contribution in [3.05, 3.63) is 89.6 Å². The molecule has 0 radical (unpaired) electrons. The number of aryl methyl sites for hydroxylation is 1. The number of rotatable bonds is 7. The summed E-state index contributed by atoms with van der Waals surface area (Å²) in [5.41, 5.74) is 4.42. The van der Waals surface area contributed by atoms with Crippen LogP contribution in [0.25, 0.3) is 0 Å². The molecule has 5 heteroatoms. The molecule has 0 aliphatic carbocycles. The molecule has 30 heavy (non-hydrogen) atoms. The fourth-order valence-electron chi connectivity index (χ4n) is 4.17. The van der Waals surface area contributed by atoms with Crippen LogP contribution in [0, 0.1) is 12.8 Å². The molecule has 5 nitrogen and oxygen atoms in total. The summed E-state index contributed by atoms with van der Waals surface area (Å²) < 4.78 is 5.14. The molecule has 0 atom stereocenters. The summed E-state index contributed by atoms with van der Waals surface area (Å²) in [6.07, 6.45) is 8.89. The fourth-order valence-corrected chi connectivity index (χ4v) is 4.17. The zero-order chi connectivity index (χ0) is 20.8. The number of amides is 1. The number of carbonyl (C=O) groups excluding carboxylic acids is 1. The molecule has 156 valence electrons. The van der Waals surface area contributed by atoms with Crippen LogP contribution in [0.3, 0.4) is 0 Å². The van der Waals surface area contributed by atoms with Gasteiger partial charge in [0.05, 0.1) is 11.8 Å². The van der Waals surface area contributed by atoms with Crippen molar-refractivity contribution in [3.8, 4) is 0 Å². The first-order chi connectivity index (χ1) is 14.7. The molecule has 0 spiro atoms. The van der Waals surface area contributed by atoms with Crippen molar-refractivity contribution >= 4 is 5.91 Å². The molecule has 1 aromatic carbocycles. The SMILES string of the molecule is Cc1ccccc1CN1CCC(CN(Cc2cccnc2)C(=O)c2ccoc2)CC1. The van der Waals surface area contributed by atoms with Crippen molar-refractivity contribution in [2.75, 3.05) is 19.6 Å². The van der Waals surface area contributed by atoms with Gasteiger partial charge in [-0.15, -0.1) is 0 Å².